The van der Waals surface area contributed by atoms with E-state index in [4.69, 9.17) is 5.26 Å². The molecule has 1 saturated heterocycles. The largest absolute Gasteiger partial charge is 0.336 e. The van der Waals surface area contributed by atoms with Crippen molar-refractivity contribution >= 4 is 5.91 Å². The molecule has 1 unspecified atom stereocenters. The minimum atomic E-state index is 0.0488. The van der Waals surface area contributed by atoms with E-state index in [0.29, 0.717) is 23.1 Å². The number of hydrogen-bond donors (Lipinski definition) is 0. The summed E-state index contributed by atoms with van der Waals surface area (Å²) in [5.74, 6) is 1.86. The van der Waals surface area contributed by atoms with Crippen LogP contribution in [0, 0.1) is 18.3 Å². The molecule has 0 bridgehead atoms. The summed E-state index contributed by atoms with van der Waals surface area (Å²) in [5.41, 5.74) is 2.42. The Morgan fingerprint density at radius 3 is 2.67 bits per heavy atom. The molecule has 1 amide bonds. The first-order valence-electron chi connectivity index (χ1n) is 8.50. The highest BCUT2D eigenvalue weighted by Gasteiger charge is 2.34. The van der Waals surface area contributed by atoms with E-state index in [1.165, 1.54) is 24.4 Å². The second-order valence-corrected chi connectivity index (χ2v) is 6.78. The van der Waals surface area contributed by atoms with Crippen LogP contribution in [0.2, 0.25) is 0 Å². The molecular formula is C19H20N4O. The molecule has 2 heterocycles. The lowest BCUT2D eigenvalue weighted by Gasteiger charge is -2.19. The van der Waals surface area contributed by atoms with Crippen molar-refractivity contribution in [3.63, 3.8) is 0 Å². The van der Waals surface area contributed by atoms with Crippen molar-refractivity contribution in [3.05, 3.63) is 53.1 Å². The lowest BCUT2D eigenvalue weighted by molar-refractivity contribution is 0.0787. The van der Waals surface area contributed by atoms with Crippen LogP contribution in [0.15, 0.2) is 30.5 Å². The summed E-state index contributed by atoms with van der Waals surface area (Å²) in [6.07, 6.45) is 5.39. The average Bonchev–Trinajstić information content (AvgIpc) is 3.21. The van der Waals surface area contributed by atoms with Crippen molar-refractivity contribution in [2.24, 2.45) is 0 Å². The van der Waals surface area contributed by atoms with E-state index >= 15 is 0 Å². The lowest BCUT2D eigenvalue weighted by atomic mass is 10.1. The zero-order valence-electron chi connectivity index (χ0n) is 13.8. The highest BCUT2D eigenvalue weighted by atomic mass is 16.2. The summed E-state index contributed by atoms with van der Waals surface area (Å²) in [7, 11) is 0. The van der Waals surface area contributed by atoms with Crippen LogP contribution in [0.4, 0.5) is 0 Å². The maximum atomic E-state index is 12.7. The maximum absolute atomic E-state index is 12.7. The number of hydrogen-bond acceptors (Lipinski definition) is 3. The fraction of sp³-hybridized carbons (Fsp3) is 0.421. The molecule has 0 N–H and O–H groups in total. The number of nitriles is 1. The van der Waals surface area contributed by atoms with Crippen LogP contribution >= 0.6 is 0 Å². The number of nitrogens with zero attached hydrogens (tertiary/aromatic N) is 4. The Balaban J connectivity index is 1.51. The van der Waals surface area contributed by atoms with Crippen molar-refractivity contribution in [1.29, 1.82) is 5.26 Å². The number of amides is 1. The molecular weight excluding hydrogens is 300 g/mol. The second kappa shape index (κ2) is 5.79. The van der Waals surface area contributed by atoms with Crippen molar-refractivity contribution in [3.8, 4) is 6.07 Å². The van der Waals surface area contributed by atoms with Gasteiger partial charge in [-0.1, -0.05) is 0 Å². The zero-order chi connectivity index (χ0) is 16.7. The van der Waals surface area contributed by atoms with Crippen molar-refractivity contribution in [2.45, 2.75) is 38.1 Å². The lowest BCUT2D eigenvalue weighted by Crippen LogP contribution is -2.29. The van der Waals surface area contributed by atoms with Crippen molar-refractivity contribution in [2.75, 3.05) is 13.1 Å². The summed E-state index contributed by atoms with van der Waals surface area (Å²) in [5, 5.41) is 8.87. The molecule has 1 aliphatic carbocycles. The van der Waals surface area contributed by atoms with Crippen LogP contribution in [-0.4, -0.2) is 33.4 Å². The van der Waals surface area contributed by atoms with Gasteiger partial charge in [0.05, 0.1) is 17.7 Å². The van der Waals surface area contributed by atoms with Gasteiger partial charge in [-0.2, -0.15) is 5.26 Å². The topological polar surface area (TPSA) is 61.9 Å². The highest BCUT2D eigenvalue weighted by Crippen LogP contribution is 2.41. The second-order valence-electron chi connectivity index (χ2n) is 6.78. The molecule has 1 saturated carbocycles. The van der Waals surface area contributed by atoms with Crippen LogP contribution in [0.25, 0.3) is 0 Å². The van der Waals surface area contributed by atoms with E-state index in [1.807, 2.05) is 11.1 Å². The summed E-state index contributed by atoms with van der Waals surface area (Å²) in [4.78, 5) is 19.2. The predicted octanol–water partition coefficient (Wildman–Crippen LogP) is 3.03. The SMILES string of the molecule is Cc1cnc(C2CC2)n1C1CCN(C(=O)c2ccc(C#N)cc2)C1. The first kappa shape index (κ1) is 14.9. The van der Waals surface area contributed by atoms with Gasteiger partial charge in [0.2, 0.25) is 0 Å². The fourth-order valence-corrected chi connectivity index (χ4v) is 3.59. The summed E-state index contributed by atoms with van der Waals surface area (Å²) >= 11 is 0. The molecule has 2 aliphatic rings. The Labute approximate surface area is 141 Å². The quantitative estimate of drug-likeness (QED) is 0.873. The molecule has 1 aromatic carbocycles. The number of rotatable bonds is 3. The third kappa shape index (κ3) is 2.58. The molecule has 1 aliphatic heterocycles. The number of benzene rings is 1. The van der Waals surface area contributed by atoms with Gasteiger partial charge in [0.25, 0.3) is 5.91 Å². The normalized spacial score (nSPS) is 20.2. The van der Waals surface area contributed by atoms with E-state index in [-0.39, 0.29) is 5.91 Å². The Bertz CT molecular complexity index is 811. The molecule has 1 aromatic heterocycles. The predicted molar refractivity (Wildman–Crippen MR) is 89.7 cm³/mol. The Morgan fingerprint density at radius 1 is 1.25 bits per heavy atom. The molecule has 4 rings (SSSR count). The first-order chi connectivity index (χ1) is 11.7. The molecule has 24 heavy (non-hydrogen) atoms. The monoisotopic (exact) mass is 320 g/mol. The maximum Gasteiger partial charge on any atom is 0.253 e. The van der Waals surface area contributed by atoms with E-state index in [2.05, 4.69) is 22.5 Å². The highest BCUT2D eigenvalue weighted by molar-refractivity contribution is 5.94. The van der Waals surface area contributed by atoms with E-state index < -0.39 is 0 Å². The summed E-state index contributed by atoms with van der Waals surface area (Å²) < 4.78 is 2.35. The van der Waals surface area contributed by atoms with E-state index in [0.717, 1.165) is 19.5 Å². The number of aryl methyl sites for hydroxylation is 1. The molecule has 1 atom stereocenters. The van der Waals surface area contributed by atoms with Gasteiger partial charge in [0, 0.05) is 36.5 Å². The fourth-order valence-electron chi connectivity index (χ4n) is 3.59. The molecule has 5 heteroatoms. The Morgan fingerprint density at radius 2 is 2.00 bits per heavy atom. The minimum Gasteiger partial charge on any atom is -0.336 e. The molecule has 122 valence electrons. The summed E-state index contributed by atoms with van der Waals surface area (Å²) in [6.45, 7) is 3.60. The van der Waals surface area contributed by atoms with Gasteiger partial charge in [0.15, 0.2) is 0 Å². The van der Waals surface area contributed by atoms with Gasteiger partial charge in [-0.25, -0.2) is 4.98 Å². The van der Waals surface area contributed by atoms with Gasteiger partial charge in [0.1, 0.15) is 5.82 Å². The number of aromatic nitrogens is 2. The molecule has 2 aromatic rings. The van der Waals surface area contributed by atoms with Gasteiger partial charge in [-0.15, -0.1) is 0 Å². The van der Waals surface area contributed by atoms with E-state index in [9.17, 15) is 4.79 Å². The van der Waals surface area contributed by atoms with Gasteiger partial charge in [-0.3, -0.25) is 4.79 Å². The zero-order valence-corrected chi connectivity index (χ0v) is 13.8. The first-order valence-corrected chi connectivity index (χ1v) is 8.50. The average molecular weight is 320 g/mol. The third-order valence-electron chi connectivity index (χ3n) is 5.03. The minimum absolute atomic E-state index is 0.0488. The van der Waals surface area contributed by atoms with Crippen molar-refractivity contribution < 1.29 is 4.79 Å². The van der Waals surface area contributed by atoms with Gasteiger partial charge in [-0.05, 0) is 50.5 Å². The van der Waals surface area contributed by atoms with Crippen LogP contribution in [0.3, 0.4) is 0 Å². The number of carbonyl (C=O) groups is 1. The number of carbonyl (C=O) groups excluding carboxylic acids is 1. The Hall–Kier alpha value is -2.61. The molecule has 5 nitrogen and oxygen atoms in total. The standard InChI is InChI=1S/C19H20N4O/c1-13-11-21-18(15-6-7-15)23(13)17-8-9-22(12-17)19(24)16-4-2-14(10-20)3-5-16/h2-5,11,15,17H,6-9,12H2,1H3. The number of imidazole rings is 1. The smallest absolute Gasteiger partial charge is 0.253 e. The van der Waals surface area contributed by atoms with Crippen LogP contribution in [-0.2, 0) is 0 Å². The molecule has 0 spiro atoms. The van der Waals surface area contributed by atoms with Crippen LogP contribution in [0.1, 0.15) is 58.7 Å². The van der Waals surface area contributed by atoms with E-state index in [1.54, 1.807) is 24.3 Å². The summed E-state index contributed by atoms with van der Waals surface area (Å²) in [6, 6.07) is 9.29. The molecule has 2 fully saturated rings. The number of likely N-dealkylation sites (tertiary alicyclic amines) is 1. The third-order valence-corrected chi connectivity index (χ3v) is 5.03. The van der Waals surface area contributed by atoms with Gasteiger partial charge >= 0.3 is 0 Å². The van der Waals surface area contributed by atoms with Crippen molar-refractivity contribution in [1.82, 2.24) is 14.5 Å². The Kier molecular flexibility index (Phi) is 3.61. The van der Waals surface area contributed by atoms with Gasteiger partial charge < -0.3 is 9.47 Å². The van der Waals surface area contributed by atoms with Crippen LogP contribution in [0.5, 0.6) is 0 Å². The molecule has 0 radical (unpaired) electrons. The van der Waals surface area contributed by atoms with Crippen LogP contribution < -0.4 is 0 Å².